The third kappa shape index (κ3) is 5.68. The van der Waals surface area contributed by atoms with Gasteiger partial charge in [-0.1, -0.05) is 48.5 Å². The van der Waals surface area contributed by atoms with Crippen LogP contribution in [0.1, 0.15) is 24.0 Å². The Morgan fingerprint density at radius 1 is 1.19 bits per heavy atom. The first kappa shape index (κ1) is 23.4. The molecule has 3 amide bonds. The number of nitrogens with zero attached hydrogens (tertiary/aromatic N) is 1. The minimum absolute atomic E-state index is 0.0420. The highest BCUT2D eigenvalue weighted by atomic mass is 19.1. The number of halogens is 1. The van der Waals surface area contributed by atoms with Crippen LogP contribution in [0.2, 0.25) is 0 Å². The Morgan fingerprint density at radius 2 is 1.88 bits per heavy atom. The maximum Gasteiger partial charge on any atom is 0.274 e. The van der Waals surface area contributed by atoms with Gasteiger partial charge in [0.05, 0.1) is 13.2 Å². The molecule has 0 aliphatic carbocycles. The average Bonchev–Trinajstić information content (AvgIpc) is 3.15. The molecule has 1 heterocycles. The van der Waals surface area contributed by atoms with Gasteiger partial charge < -0.3 is 15.3 Å². The zero-order valence-corrected chi connectivity index (χ0v) is 17.7. The molecule has 3 N–H and O–H groups in total. The van der Waals surface area contributed by atoms with Gasteiger partial charge in [-0.25, -0.2) is 9.87 Å². The Morgan fingerprint density at radius 3 is 2.56 bits per heavy atom. The van der Waals surface area contributed by atoms with Gasteiger partial charge in [0.15, 0.2) is 6.10 Å². The minimum Gasteiger partial charge on any atom is -0.381 e. The molecular weight excluding hydrogens is 417 g/mol. The van der Waals surface area contributed by atoms with Crippen molar-refractivity contribution in [3.8, 4) is 0 Å². The summed E-state index contributed by atoms with van der Waals surface area (Å²) in [5.74, 6) is -2.04. The summed E-state index contributed by atoms with van der Waals surface area (Å²) in [6.45, 7) is -0.0420. The fourth-order valence-electron chi connectivity index (χ4n) is 3.75. The highest BCUT2D eigenvalue weighted by Gasteiger charge is 2.38. The number of rotatable bonds is 9. The second-order valence-corrected chi connectivity index (χ2v) is 7.59. The standard InChI is InChI=1S/C23H26FN3O5/c1-32-26-23(31)21(29)18(13-15-7-3-2-4-8-15)25-22(30)19-11-12-20(28)27(19)14-16-9-5-6-10-17(16)24/h2-10,18-19,21,29H,11-14H2,1H3,(H,25,30)(H,26,31)/t18?,19-,21?/m1/s1. The molecule has 2 aromatic rings. The molecular formula is C23H26FN3O5. The monoisotopic (exact) mass is 443 g/mol. The van der Waals surface area contributed by atoms with Crippen molar-refractivity contribution in [2.45, 2.75) is 44.0 Å². The molecule has 1 aliphatic rings. The molecule has 0 bridgehead atoms. The highest BCUT2D eigenvalue weighted by Crippen LogP contribution is 2.23. The summed E-state index contributed by atoms with van der Waals surface area (Å²) < 4.78 is 14.1. The van der Waals surface area contributed by atoms with E-state index in [0.29, 0.717) is 5.56 Å². The molecule has 0 aromatic heterocycles. The third-order valence-electron chi connectivity index (χ3n) is 5.41. The lowest BCUT2D eigenvalue weighted by atomic mass is 10.00. The Labute approximate surface area is 185 Å². The molecule has 1 fully saturated rings. The molecule has 170 valence electrons. The van der Waals surface area contributed by atoms with Crippen molar-refractivity contribution in [3.63, 3.8) is 0 Å². The molecule has 3 rings (SSSR count). The second kappa shape index (κ2) is 10.8. The SMILES string of the molecule is CONC(=O)C(O)C(Cc1ccccc1)NC(=O)[C@H]1CCC(=O)N1Cc1ccccc1F. The van der Waals surface area contributed by atoms with Crippen molar-refractivity contribution in [2.75, 3.05) is 7.11 Å². The molecule has 1 saturated heterocycles. The number of hydrogen-bond donors (Lipinski definition) is 3. The van der Waals surface area contributed by atoms with Crippen LogP contribution in [-0.2, 0) is 32.2 Å². The van der Waals surface area contributed by atoms with Crippen molar-refractivity contribution in [3.05, 3.63) is 71.5 Å². The Bertz CT molecular complexity index is 956. The minimum atomic E-state index is -1.59. The molecule has 2 aromatic carbocycles. The van der Waals surface area contributed by atoms with E-state index in [4.69, 9.17) is 0 Å². The summed E-state index contributed by atoms with van der Waals surface area (Å²) in [6, 6.07) is 13.3. The first-order valence-electron chi connectivity index (χ1n) is 10.3. The van der Waals surface area contributed by atoms with Crippen molar-refractivity contribution in [2.24, 2.45) is 0 Å². The molecule has 0 spiro atoms. The van der Waals surface area contributed by atoms with Gasteiger partial charge in [-0.2, -0.15) is 0 Å². The normalized spacial score (nSPS) is 17.7. The van der Waals surface area contributed by atoms with Crippen LogP contribution in [0.25, 0.3) is 0 Å². The van der Waals surface area contributed by atoms with Crippen LogP contribution in [0.5, 0.6) is 0 Å². The van der Waals surface area contributed by atoms with E-state index in [2.05, 4.69) is 15.6 Å². The molecule has 0 saturated carbocycles. The van der Waals surface area contributed by atoms with Crippen molar-refractivity contribution >= 4 is 17.7 Å². The van der Waals surface area contributed by atoms with E-state index in [0.717, 1.165) is 5.56 Å². The van der Waals surface area contributed by atoms with E-state index in [1.807, 2.05) is 30.3 Å². The lowest BCUT2D eigenvalue weighted by Gasteiger charge is -2.28. The third-order valence-corrected chi connectivity index (χ3v) is 5.41. The average molecular weight is 443 g/mol. The van der Waals surface area contributed by atoms with Crippen LogP contribution >= 0.6 is 0 Å². The Balaban J connectivity index is 1.76. The Hall–Kier alpha value is -3.30. The van der Waals surface area contributed by atoms with Crippen LogP contribution in [0.15, 0.2) is 54.6 Å². The van der Waals surface area contributed by atoms with Crippen molar-refractivity contribution in [1.82, 2.24) is 15.7 Å². The number of hydrogen-bond acceptors (Lipinski definition) is 5. The number of amides is 3. The predicted molar refractivity (Wildman–Crippen MR) is 113 cm³/mol. The van der Waals surface area contributed by atoms with Gasteiger partial charge in [0, 0.05) is 18.5 Å². The van der Waals surface area contributed by atoms with Gasteiger partial charge >= 0.3 is 0 Å². The van der Waals surface area contributed by atoms with Crippen LogP contribution in [0.4, 0.5) is 4.39 Å². The van der Waals surface area contributed by atoms with Crippen LogP contribution in [-0.4, -0.2) is 53.0 Å². The van der Waals surface area contributed by atoms with Crippen LogP contribution in [0, 0.1) is 5.82 Å². The molecule has 9 heteroatoms. The topological polar surface area (TPSA) is 108 Å². The number of nitrogens with one attached hydrogen (secondary N) is 2. The molecule has 32 heavy (non-hydrogen) atoms. The summed E-state index contributed by atoms with van der Waals surface area (Å²) in [5, 5.41) is 13.2. The summed E-state index contributed by atoms with van der Waals surface area (Å²) in [4.78, 5) is 43.5. The summed E-state index contributed by atoms with van der Waals surface area (Å²) in [5.41, 5.74) is 3.17. The lowest BCUT2D eigenvalue weighted by Crippen LogP contribution is -2.55. The maximum atomic E-state index is 14.1. The molecule has 1 aliphatic heterocycles. The molecule has 2 unspecified atom stereocenters. The van der Waals surface area contributed by atoms with E-state index in [-0.39, 0.29) is 31.7 Å². The largest absolute Gasteiger partial charge is 0.381 e. The van der Waals surface area contributed by atoms with Gasteiger partial charge in [0.2, 0.25) is 11.8 Å². The van der Waals surface area contributed by atoms with E-state index >= 15 is 0 Å². The number of carbonyl (C=O) groups excluding carboxylic acids is 3. The van der Waals surface area contributed by atoms with Gasteiger partial charge in [0.25, 0.3) is 5.91 Å². The van der Waals surface area contributed by atoms with Crippen molar-refractivity contribution in [1.29, 1.82) is 0 Å². The van der Waals surface area contributed by atoms with E-state index < -0.39 is 35.8 Å². The second-order valence-electron chi connectivity index (χ2n) is 7.59. The van der Waals surface area contributed by atoms with E-state index in [9.17, 15) is 23.9 Å². The molecule has 0 radical (unpaired) electrons. The number of hydroxylamine groups is 1. The summed E-state index contributed by atoms with van der Waals surface area (Å²) in [7, 11) is 1.24. The number of likely N-dealkylation sites (tertiary alicyclic amines) is 1. The van der Waals surface area contributed by atoms with E-state index in [1.54, 1.807) is 18.2 Å². The number of aliphatic hydroxyl groups excluding tert-OH is 1. The van der Waals surface area contributed by atoms with Gasteiger partial charge in [-0.15, -0.1) is 0 Å². The van der Waals surface area contributed by atoms with E-state index in [1.165, 1.54) is 18.1 Å². The lowest BCUT2D eigenvalue weighted by molar-refractivity contribution is -0.143. The quantitative estimate of drug-likeness (QED) is 0.503. The maximum absolute atomic E-state index is 14.1. The number of carbonyl (C=O) groups is 3. The molecule has 3 atom stereocenters. The highest BCUT2D eigenvalue weighted by molar-refractivity contribution is 5.91. The fourth-order valence-corrected chi connectivity index (χ4v) is 3.75. The smallest absolute Gasteiger partial charge is 0.274 e. The van der Waals surface area contributed by atoms with Gasteiger partial charge in [-0.05, 0) is 24.5 Å². The summed E-state index contributed by atoms with van der Waals surface area (Å²) in [6.07, 6.45) is -0.991. The fraction of sp³-hybridized carbons (Fsp3) is 0.348. The van der Waals surface area contributed by atoms with Crippen molar-refractivity contribution < 1.29 is 28.7 Å². The predicted octanol–water partition coefficient (Wildman–Crippen LogP) is 1.08. The first-order chi connectivity index (χ1) is 15.4. The summed E-state index contributed by atoms with van der Waals surface area (Å²) >= 11 is 0. The zero-order valence-electron chi connectivity index (χ0n) is 17.7. The van der Waals surface area contributed by atoms with Gasteiger partial charge in [-0.3, -0.25) is 19.2 Å². The zero-order chi connectivity index (χ0) is 23.1. The number of benzene rings is 2. The number of aliphatic hydroxyl groups is 1. The first-order valence-corrected chi connectivity index (χ1v) is 10.3. The van der Waals surface area contributed by atoms with Crippen LogP contribution < -0.4 is 10.8 Å². The Kier molecular flexibility index (Phi) is 7.91. The van der Waals surface area contributed by atoms with Crippen LogP contribution in [0.3, 0.4) is 0 Å². The molecule has 8 nitrogen and oxygen atoms in total. The van der Waals surface area contributed by atoms with Gasteiger partial charge in [0.1, 0.15) is 11.9 Å².